The Morgan fingerprint density at radius 3 is 2.46 bits per heavy atom. The number of hydrogen-bond donors (Lipinski definition) is 2. The quantitative estimate of drug-likeness (QED) is 0.544. The summed E-state index contributed by atoms with van der Waals surface area (Å²) in [5.74, 6) is -1.47. The summed E-state index contributed by atoms with van der Waals surface area (Å²) in [6.07, 6.45) is 0.105. The highest BCUT2D eigenvalue weighted by molar-refractivity contribution is 7.91. The third kappa shape index (κ3) is 3.94. The van der Waals surface area contributed by atoms with Crippen molar-refractivity contribution in [1.29, 1.82) is 0 Å². The first-order valence-corrected chi connectivity index (χ1v) is 9.42. The van der Waals surface area contributed by atoms with Crippen LogP contribution in [0.15, 0.2) is 69.1 Å². The fraction of sp³-hybridized carbons (Fsp3) is 0.118. The van der Waals surface area contributed by atoms with Crippen LogP contribution < -0.4 is 15.4 Å². The number of nitrogens with zero attached hydrogens (tertiary/aromatic N) is 2. The first-order chi connectivity index (χ1) is 13.3. The number of sulfone groups is 1. The molecule has 0 aliphatic rings. The zero-order chi connectivity index (χ0) is 20.3. The average molecular weight is 405 g/mol. The molecule has 10 nitrogen and oxygen atoms in total. The number of carboxylic acids is 1. The SMILES string of the molecule is N[C@@H](Cc1ccc(Oc2no[n+]([O-])c2S(=O)(=O)c2ccccc2)cc1)C(=O)O. The van der Waals surface area contributed by atoms with Crippen molar-refractivity contribution in [2.45, 2.75) is 22.4 Å². The van der Waals surface area contributed by atoms with Crippen molar-refractivity contribution in [3.05, 3.63) is 65.4 Å². The maximum Gasteiger partial charge on any atom is 0.420 e. The van der Waals surface area contributed by atoms with Crippen LogP contribution in [-0.2, 0) is 21.1 Å². The van der Waals surface area contributed by atoms with Crippen molar-refractivity contribution >= 4 is 15.8 Å². The molecule has 146 valence electrons. The second kappa shape index (κ2) is 7.66. The third-order valence-corrected chi connectivity index (χ3v) is 5.49. The van der Waals surface area contributed by atoms with Crippen molar-refractivity contribution in [2.24, 2.45) is 5.73 Å². The minimum Gasteiger partial charge on any atom is -0.480 e. The Labute approximate surface area is 159 Å². The van der Waals surface area contributed by atoms with Crippen LogP contribution in [0.25, 0.3) is 0 Å². The van der Waals surface area contributed by atoms with E-state index in [4.69, 9.17) is 15.6 Å². The molecule has 3 N–H and O–H groups in total. The van der Waals surface area contributed by atoms with E-state index in [0.29, 0.717) is 5.56 Å². The van der Waals surface area contributed by atoms with Crippen molar-refractivity contribution in [3.8, 4) is 11.6 Å². The lowest BCUT2D eigenvalue weighted by atomic mass is 10.1. The van der Waals surface area contributed by atoms with E-state index in [0.717, 1.165) is 0 Å². The summed E-state index contributed by atoms with van der Waals surface area (Å²) >= 11 is 0. The van der Waals surface area contributed by atoms with Gasteiger partial charge in [-0.25, -0.2) is 8.42 Å². The number of aliphatic carboxylic acids is 1. The fourth-order valence-electron chi connectivity index (χ4n) is 2.36. The van der Waals surface area contributed by atoms with Gasteiger partial charge in [-0.2, -0.15) is 0 Å². The van der Waals surface area contributed by atoms with Crippen molar-refractivity contribution in [3.63, 3.8) is 0 Å². The van der Waals surface area contributed by atoms with Gasteiger partial charge in [-0.3, -0.25) is 9.42 Å². The van der Waals surface area contributed by atoms with Crippen molar-refractivity contribution < 1.29 is 32.6 Å². The van der Waals surface area contributed by atoms with E-state index in [1.165, 1.54) is 36.4 Å². The predicted octanol–water partition coefficient (Wildman–Crippen LogP) is 0.887. The number of hydrogen-bond acceptors (Lipinski definition) is 8. The highest BCUT2D eigenvalue weighted by Crippen LogP contribution is 2.28. The van der Waals surface area contributed by atoms with Crippen LogP contribution in [0.5, 0.6) is 11.6 Å². The van der Waals surface area contributed by atoms with Crippen LogP contribution in [0.1, 0.15) is 5.56 Å². The minimum absolute atomic E-state index is 0.105. The summed E-state index contributed by atoms with van der Waals surface area (Å²) in [6.45, 7) is 0. The molecule has 0 bridgehead atoms. The minimum atomic E-state index is -4.22. The Morgan fingerprint density at radius 2 is 1.86 bits per heavy atom. The number of aromatic nitrogens is 2. The number of ether oxygens (including phenoxy) is 1. The second-order valence-electron chi connectivity index (χ2n) is 5.75. The summed E-state index contributed by atoms with van der Waals surface area (Å²) in [5, 5.41) is 23.3. The van der Waals surface area contributed by atoms with Crippen LogP contribution in [0.3, 0.4) is 0 Å². The van der Waals surface area contributed by atoms with Crippen molar-refractivity contribution in [1.82, 2.24) is 5.16 Å². The highest BCUT2D eigenvalue weighted by atomic mass is 32.2. The molecule has 1 atom stereocenters. The molecule has 1 heterocycles. The van der Waals surface area contributed by atoms with Gasteiger partial charge in [0.1, 0.15) is 11.8 Å². The van der Waals surface area contributed by atoms with E-state index in [2.05, 4.69) is 9.79 Å². The zero-order valence-corrected chi connectivity index (χ0v) is 15.1. The summed E-state index contributed by atoms with van der Waals surface area (Å²) < 4.78 is 35.2. The van der Waals surface area contributed by atoms with Gasteiger partial charge in [0.05, 0.1) is 10.1 Å². The molecule has 3 rings (SSSR count). The largest absolute Gasteiger partial charge is 0.480 e. The highest BCUT2D eigenvalue weighted by Gasteiger charge is 2.36. The van der Waals surface area contributed by atoms with Crippen LogP contribution in [-0.4, -0.2) is 30.7 Å². The molecule has 0 aliphatic heterocycles. The summed E-state index contributed by atoms with van der Waals surface area (Å²) in [6, 6.07) is 12.3. The van der Waals surface area contributed by atoms with E-state index in [-0.39, 0.29) is 22.0 Å². The first-order valence-electron chi connectivity index (χ1n) is 7.94. The van der Waals surface area contributed by atoms with Crippen LogP contribution in [0.4, 0.5) is 0 Å². The van der Waals surface area contributed by atoms with Gasteiger partial charge in [0.25, 0.3) is 9.84 Å². The van der Waals surface area contributed by atoms with E-state index in [1.54, 1.807) is 18.2 Å². The molecule has 0 saturated heterocycles. The van der Waals surface area contributed by atoms with Gasteiger partial charge in [-0.05, 0) is 41.2 Å². The molecular weight excluding hydrogens is 390 g/mol. The lowest BCUT2D eigenvalue weighted by Crippen LogP contribution is -2.32. The first kappa shape index (κ1) is 19.3. The third-order valence-electron chi connectivity index (χ3n) is 3.77. The van der Waals surface area contributed by atoms with Crippen LogP contribution in [0, 0.1) is 5.21 Å². The summed E-state index contributed by atoms with van der Waals surface area (Å²) in [4.78, 5) is 10.4. The van der Waals surface area contributed by atoms with Crippen LogP contribution >= 0.6 is 0 Å². The monoisotopic (exact) mass is 405 g/mol. The maximum atomic E-state index is 12.7. The molecule has 1 aromatic heterocycles. The molecule has 0 unspecified atom stereocenters. The van der Waals surface area contributed by atoms with E-state index >= 15 is 0 Å². The van der Waals surface area contributed by atoms with Gasteiger partial charge >= 0.3 is 16.9 Å². The lowest BCUT2D eigenvalue weighted by Gasteiger charge is -2.07. The Hall–Kier alpha value is -3.44. The van der Waals surface area contributed by atoms with E-state index in [9.17, 15) is 18.4 Å². The Morgan fingerprint density at radius 1 is 1.21 bits per heavy atom. The Bertz CT molecular complexity index is 1080. The molecule has 28 heavy (non-hydrogen) atoms. The van der Waals surface area contributed by atoms with Gasteiger partial charge in [0.2, 0.25) is 0 Å². The van der Waals surface area contributed by atoms with Crippen LogP contribution in [0.2, 0.25) is 0 Å². The molecule has 2 aromatic carbocycles. The number of carboxylic acid groups (broad SMARTS) is 1. The molecule has 11 heteroatoms. The molecule has 0 spiro atoms. The van der Waals surface area contributed by atoms with Gasteiger partial charge < -0.3 is 20.8 Å². The summed E-state index contributed by atoms with van der Waals surface area (Å²) in [5.41, 5.74) is 6.12. The molecule has 3 aromatic rings. The molecule has 0 saturated carbocycles. The Kier molecular flexibility index (Phi) is 5.29. The predicted molar refractivity (Wildman–Crippen MR) is 93.2 cm³/mol. The van der Waals surface area contributed by atoms with Gasteiger partial charge in [-0.15, -0.1) is 0 Å². The molecule has 0 fully saturated rings. The van der Waals surface area contributed by atoms with Gasteiger partial charge in [0.15, 0.2) is 0 Å². The average Bonchev–Trinajstić information content (AvgIpc) is 3.04. The second-order valence-corrected chi connectivity index (χ2v) is 7.62. The lowest BCUT2D eigenvalue weighted by molar-refractivity contribution is -0.832. The maximum absolute atomic E-state index is 12.7. The van der Waals surface area contributed by atoms with Gasteiger partial charge in [-0.1, -0.05) is 30.3 Å². The molecule has 0 aliphatic carbocycles. The number of rotatable bonds is 7. The topological polar surface area (TPSA) is 160 Å². The number of carbonyl (C=O) groups is 1. The summed E-state index contributed by atoms with van der Waals surface area (Å²) in [7, 11) is -4.22. The van der Waals surface area contributed by atoms with E-state index < -0.39 is 32.8 Å². The molecule has 0 amide bonds. The van der Waals surface area contributed by atoms with Gasteiger partial charge in [0, 0.05) is 0 Å². The van der Waals surface area contributed by atoms with Crippen molar-refractivity contribution in [2.75, 3.05) is 0 Å². The molecule has 0 radical (unpaired) electrons. The normalized spacial score (nSPS) is 12.5. The smallest absolute Gasteiger partial charge is 0.420 e. The fourth-order valence-corrected chi connectivity index (χ4v) is 3.64. The number of nitrogens with two attached hydrogens (primary N) is 1. The molecular formula is C17H15N3O7S. The van der Waals surface area contributed by atoms with E-state index in [1.807, 2.05) is 0 Å². The standard InChI is InChI=1S/C17H15N3O7S/c18-14(17(21)22)10-11-6-8-12(9-7-11)26-15-16(20(23)27-19-15)28(24,25)13-4-2-1-3-5-13/h1-9,14H,10,18H2,(H,21,22)/t14-/m0/s1. The Balaban J connectivity index is 1.86. The number of benzene rings is 2. The zero-order valence-electron chi connectivity index (χ0n) is 14.3.